The molecule has 0 saturated heterocycles. The van der Waals surface area contributed by atoms with E-state index in [0.29, 0.717) is 39.1 Å². The standard InChI is InChI=1S/C44H84N2O4.ClH/c1-4-7-9-11-13-15-17-19-21-23-25-27-29-31-33-35-43(47)49-41-39-46(38-37-45-6-3)40-42-50-44(48)36-34-32-30-28-26-24-22-20-18-16-14-12-10-8-5-2;/h19-22,45H,4-18,23-42H2,1-3H3;1H/b21-19-,22-20-;. The molecule has 0 fully saturated rings. The van der Waals surface area contributed by atoms with Crippen LogP contribution in [0.3, 0.4) is 0 Å². The molecule has 0 bridgehead atoms. The van der Waals surface area contributed by atoms with Gasteiger partial charge in [-0.25, -0.2) is 0 Å². The topological polar surface area (TPSA) is 67.9 Å². The number of carbonyl (C=O) groups excluding carboxylic acids is 2. The van der Waals surface area contributed by atoms with Crippen LogP contribution in [0.2, 0.25) is 0 Å². The fraction of sp³-hybridized carbons (Fsp3) is 0.864. The van der Waals surface area contributed by atoms with Gasteiger partial charge in [0.15, 0.2) is 0 Å². The summed E-state index contributed by atoms with van der Waals surface area (Å²) in [6.07, 6.45) is 43.0. The van der Waals surface area contributed by atoms with Crippen molar-refractivity contribution in [1.82, 2.24) is 10.2 Å². The first-order chi connectivity index (χ1) is 24.6. The zero-order chi connectivity index (χ0) is 36.4. The Balaban J connectivity index is 0. The molecule has 0 aromatic carbocycles. The Bertz CT molecular complexity index is 718. The summed E-state index contributed by atoms with van der Waals surface area (Å²) >= 11 is 0. The van der Waals surface area contributed by atoms with Crippen LogP contribution in [0, 0.1) is 0 Å². The van der Waals surface area contributed by atoms with Crippen LogP contribution in [0.1, 0.15) is 201 Å². The van der Waals surface area contributed by atoms with Crippen molar-refractivity contribution >= 4 is 24.3 Å². The van der Waals surface area contributed by atoms with Gasteiger partial charge in [-0.15, -0.1) is 12.4 Å². The van der Waals surface area contributed by atoms with E-state index in [1.165, 1.54) is 141 Å². The number of ether oxygens (including phenoxy) is 2. The number of allylic oxidation sites excluding steroid dienone is 4. The van der Waals surface area contributed by atoms with Crippen LogP contribution < -0.4 is 5.32 Å². The van der Waals surface area contributed by atoms with Gasteiger partial charge in [0, 0.05) is 39.0 Å². The zero-order valence-corrected chi connectivity index (χ0v) is 34.9. The lowest BCUT2D eigenvalue weighted by atomic mass is 10.1. The van der Waals surface area contributed by atoms with Gasteiger partial charge in [-0.2, -0.15) is 0 Å². The number of nitrogens with zero attached hydrogens (tertiary/aromatic N) is 1. The molecule has 0 heterocycles. The van der Waals surface area contributed by atoms with Gasteiger partial charge in [0.1, 0.15) is 13.2 Å². The van der Waals surface area contributed by atoms with Gasteiger partial charge < -0.3 is 14.8 Å². The molecular weight excluding hydrogens is 656 g/mol. The third-order valence-corrected chi connectivity index (χ3v) is 9.48. The summed E-state index contributed by atoms with van der Waals surface area (Å²) in [5, 5.41) is 3.36. The molecule has 1 N–H and O–H groups in total. The van der Waals surface area contributed by atoms with Crippen molar-refractivity contribution in [2.75, 3.05) is 45.9 Å². The second-order valence-corrected chi connectivity index (χ2v) is 14.3. The molecule has 0 spiro atoms. The first-order valence-corrected chi connectivity index (χ1v) is 21.7. The molecule has 302 valence electrons. The van der Waals surface area contributed by atoms with E-state index in [4.69, 9.17) is 9.47 Å². The van der Waals surface area contributed by atoms with Crippen molar-refractivity contribution in [1.29, 1.82) is 0 Å². The number of unbranched alkanes of at least 4 members (excludes halogenated alkanes) is 22. The zero-order valence-electron chi connectivity index (χ0n) is 34.0. The average Bonchev–Trinajstić information content (AvgIpc) is 3.11. The predicted molar refractivity (Wildman–Crippen MR) is 223 cm³/mol. The highest BCUT2D eigenvalue weighted by atomic mass is 35.5. The maximum atomic E-state index is 12.3. The number of carbonyl (C=O) groups is 2. The summed E-state index contributed by atoms with van der Waals surface area (Å²) in [5.74, 6) is -0.193. The van der Waals surface area contributed by atoms with Crippen LogP contribution >= 0.6 is 12.4 Å². The van der Waals surface area contributed by atoms with Gasteiger partial charge in [0.05, 0.1) is 0 Å². The number of esters is 2. The second kappa shape index (κ2) is 44.8. The quantitative estimate of drug-likeness (QED) is 0.0383. The van der Waals surface area contributed by atoms with Gasteiger partial charge in [-0.3, -0.25) is 14.5 Å². The Kier molecular flexibility index (Phi) is 45.4. The first-order valence-electron chi connectivity index (χ1n) is 21.7. The lowest BCUT2D eigenvalue weighted by Crippen LogP contribution is -2.37. The minimum Gasteiger partial charge on any atom is -0.464 e. The van der Waals surface area contributed by atoms with Gasteiger partial charge in [0.2, 0.25) is 0 Å². The largest absolute Gasteiger partial charge is 0.464 e. The summed E-state index contributed by atoms with van der Waals surface area (Å²) in [4.78, 5) is 26.8. The normalized spacial score (nSPS) is 11.5. The molecule has 0 aliphatic rings. The van der Waals surface area contributed by atoms with E-state index in [2.05, 4.69) is 55.3 Å². The Morgan fingerprint density at radius 3 is 1.16 bits per heavy atom. The van der Waals surface area contributed by atoms with Gasteiger partial charge in [-0.1, -0.05) is 148 Å². The molecule has 7 heteroatoms. The molecule has 0 radical (unpaired) electrons. The van der Waals surface area contributed by atoms with Crippen molar-refractivity contribution in [2.45, 2.75) is 201 Å². The summed E-state index contributed by atoms with van der Waals surface area (Å²) < 4.78 is 11.1. The molecule has 0 saturated carbocycles. The fourth-order valence-corrected chi connectivity index (χ4v) is 6.15. The molecular formula is C44H85ClN2O4. The van der Waals surface area contributed by atoms with E-state index in [1.807, 2.05) is 0 Å². The molecule has 0 aliphatic carbocycles. The second-order valence-electron chi connectivity index (χ2n) is 14.3. The number of nitrogens with one attached hydrogen (secondary N) is 1. The predicted octanol–water partition coefficient (Wildman–Crippen LogP) is 12.5. The highest BCUT2D eigenvalue weighted by Gasteiger charge is 2.10. The number of likely N-dealkylation sites (N-methyl/N-ethyl adjacent to an activating group) is 1. The van der Waals surface area contributed by atoms with Crippen LogP contribution in [-0.2, 0) is 19.1 Å². The molecule has 0 aliphatic heterocycles. The highest BCUT2D eigenvalue weighted by molar-refractivity contribution is 5.85. The maximum Gasteiger partial charge on any atom is 0.305 e. The van der Waals surface area contributed by atoms with Crippen LogP contribution in [0.5, 0.6) is 0 Å². The monoisotopic (exact) mass is 741 g/mol. The fourth-order valence-electron chi connectivity index (χ4n) is 6.15. The van der Waals surface area contributed by atoms with Crippen LogP contribution in [0.25, 0.3) is 0 Å². The number of hydrogen-bond acceptors (Lipinski definition) is 6. The Labute approximate surface area is 323 Å². The van der Waals surface area contributed by atoms with Crippen molar-refractivity contribution in [2.24, 2.45) is 0 Å². The lowest BCUT2D eigenvalue weighted by Gasteiger charge is -2.22. The average molecular weight is 742 g/mol. The number of halogens is 1. The Hall–Kier alpha value is -1.37. The SMILES string of the molecule is CCCCCCCC/C=C\CCCCCCCC(=O)OCCN(CCNCC)CCOC(=O)CCCCCCC/C=C\CCCCCCCC.Cl. The summed E-state index contributed by atoms with van der Waals surface area (Å²) in [7, 11) is 0. The molecule has 51 heavy (non-hydrogen) atoms. The van der Waals surface area contributed by atoms with Gasteiger partial charge in [-0.05, 0) is 70.8 Å². The van der Waals surface area contributed by atoms with E-state index >= 15 is 0 Å². The molecule has 0 rings (SSSR count). The maximum absolute atomic E-state index is 12.3. The van der Waals surface area contributed by atoms with E-state index in [0.717, 1.165) is 45.3 Å². The number of hydrogen-bond donors (Lipinski definition) is 1. The van der Waals surface area contributed by atoms with Gasteiger partial charge >= 0.3 is 11.9 Å². The summed E-state index contributed by atoms with van der Waals surface area (Å²) in [6.45, 7) is 11.4. The minimum absolute atomic E-state index is 0. The molecule has 0 unspecified atom stereocenters. The lowest BCUT2D eigenvalue weighted by molar-refractivity contribution is -0.144. The highest BCUT2D eigenvalue weighted by Crippen LogP contribution is 2.12. The Morgan fingerprint density at radius 2 is 0.804 bits per heavy atom. The van der Waals surface area contributed by atoms with E-state index < -0.39 is 0 Å². The summed E-state index contributed by atoms with van der Waals surface area (Å²) in [6, 6.07) is 0. The van der Waals surface area contributed by atoms with Crippen molar-refractivity contribution in [3.05, 3.63) is 24.3 Å². The van der Waals surface area contributed by atoms with Crippen molar-refractivity contribution in [3.63, 3.8) is 0 Å². The van der Waals surface area contributed by atoms with Crippen LogP contribution in [0.15, 0.2) is 24.3 Å². The number of rotatable bonds is 40. The first kappa shape index (κ1) is 51.7. The van der Waals surface area contributed by atoms with E-state index in [-0.39, 0.29) is 24.3 Å². The molecule has 0 aromatic rings. The third-order valence-electron chi connectivity index (χ3n) is 9.48. The molecule has 6 nitrogen and oxygen atoms in total. The van der Waals surface area contributed by atoms with E-state index in [9.17, 15) is 9.59 Å². The van der Waals surface area contributed by atoms with Gasteiger partial charge in [0.25, 0.3) is 0 Å². The van der Waals surface area contributed by atoms with Crippen LogP contribution in [0.4, 0.5) is 0 Å². The minimum atomic E-state index is -0.0966. The van der Waals surface area contributed by atoms with E-state index in [1.54, 1.807) is 0 Å². The molecule has 0 aromatic heterocycles. The third kappa shape index (κ3) is 42.9. The van der Waals surface area contributed by atoms with Crippen LogP contribution in [-0.4, -0.2) is 62.8 Å². The van der Waals surface area contributed by atoms with Crippen molar-refractivity contribution in [3.8, 4) is 0 Å². The molecule has 0 amide bonds. The summed E-state index contributed by atoms with van der Waals surface area (Å²) in [5.41, 5.74) is 0. The molecule has 0 atom stereocenters. The smallest absolute Gasteiger partial charge is 0.305 e. The van der Waals surface area contributed by atoms with Crippen molar-refractivity contribution < 1.29 is 19.1 Å². The Morgan fingerprint density at radius 1 is 0.471 bits per heavy atom.